The van der Waals surface area contributed by atoms with Crippen LogP contribution < -0.4 is 28.4 Å². The largest absolute Gasteiger partial charge is 0.586 e. The molecule has 354 valence electrons. The Morgan fingerprint density at radius 1 is 0.600 bits per heavy atom. The Morgan fingerprint density at radius 2 is 1.06 bits per heavy atom. The van der Waals surface area contributed by atoms with Crippen LogP contribution in [0.25, 0.3) is 5.57 Å². The van der Waals surface area contributed by atoms with E-state index >= 15 is 0 Å². The van der Waals surface area contributed by atoms with Crippen molar-refractivity contribution in [1.82, 2.24) is 0 Å². The van der Waals surface area contributed by atoms with Gasteiger partial charge in [0.25, 0.3) is 0 Å². The maximum absolute atomic E-state index is 14.7. The van der Waals surface area contributed by atoms with E-state index in [2.05, 4.69) is 32.8 Å². The summed E-state index contributed by atoms with van der Waals surface area (Å²) in [6.07, 6.45) is -0.677. The van der Waals surface area contributed by atoms with E-state index in [9.17, 15) is 48.3 Å². The summed E-state index contributed by atoms with van der Waals surface area (Å²) in [5.41, 5.74) is -1.72. The predicted molar refractivity (Wildman–Crippen MR) is 218 cm³/mol. The van der Waals surface area contributed by atoms with Crippen LogP contribution in [0.1, 0.15) is 127 Å². The van der Waals surface area contributed by atoms with Crippen LogP contribution in [-0.4, -0.2) is 12.3 Å². The van der Waals surface area contributed by atoms with E-state index < -0.39 is 76.2 Å². The van der Waals surface area contributed by atoms with Gasteiger partial charge in [-0.25, -0.2) is 17.6 Å². The molecule has 2 aliphatic heterocycles. The Bertz CT molecular complexity index is 2310. The lowest BCUT2D eigenvalue weighted by Gasteiger charge is -2.29. The molecule has 2 aliphatic carbocycles. The Morgan fingerprint density at radius 3 is 1.57 bits per heavy atom. The highest BCUT2D eigenvalue weighted by molar-refractivity contribution is 5.67. The van der Waals surface area contributed by atoms with Crippen molar-refractivity contribution >= 4 is 5.57 Å². The molecule has 2 unspecified atom stereocenters. The summed E-state index contributed by atoms with van der Waals surface area (Å²) in [6.45, 7) is 5.22. The summed E-state index contributed by atoms with van der Waals surface area (Å²) in [5, 5.41) is 0. The molecule has 1 fully saturated rings. The third kappa shape index (κ3) is 11.4. The van der Waals surface area contributed by atoms with E-state index in [1.807, 2.05) is 6.08 Å². The van der Waals surface area contributed by atoms with Crippen molar-refractivity contribution in [1.29, 1.82) is 0 Å². The number of halogens is 11. The van der Waals surface area contributed by atoms with Gasteiger partial charge in [0.05, 0.1) is 0 Å². The minimum Gasteiger partial charge on any atom is -0.429 e. The molecule has 0 aromatic heterocycles. The third-order valence-electron chi connectivity index (χ3n) is 11.7. The monoisotopic (exact) mass is 930 g/mol. The van der Waals surface area contributed by atoms with Gasteiger partial charge in [0, 0.05) is 19.1 Å². The second-order valence-corrected chi connectivity index (χ2v) is 16.5. The molecule has 0 saturated heterocycles. The lowest BCUT2D eigenvalue weighted by atomic mass is 9.77. The second kappa shape index (κ2) is 19.2. The van der Waals surface area contributed by atoms with Gasteiger partial charge in [-0.15, -0.1) is 8.78 Å². The number of benzene rings is 4. The zero-order valence-corrected chi connectivity index (χ0v) is 35.0. The van der Waals surface area contributed by atoms with Crippen LogP contribution in [0.4, 0.5) is 48.3 Å². The van der Waals surface area contributed by atoms with Crippen LogP contribution >= 0.6 is 0 Å². The van der Waals surface area contributed by atoms with Crippen molar-refractivity contribution in [2.75, 3.05) is 0 Å². The number of alkyl halides is 7. The van der Waals surface area contributed by atoms with Crippen LogP contribution in [0.2, 0.25) is 0 Å². The van der Waals surface area contributed by atoms with Gasteiger partial charge in [-0.05, 0) is 128 Å². The summed E-state index contributed by atoms with van der Waals surface area (Å²) in [4.78, 5) is 0. The molecule has 17 heteroatoms. The van der Waals surface area contributed by atoms with Gasteiger partial charge in [0.2, 0.25) is 0 Å². The molecule has 0 bridgehead atoms. The van der Waals surface area contributed by atoms with Gasteiger partial charge in [-0.2, -0.15) is 22.0 Å². The highest BCUT2D eigenvalue weighted by Gasteiger charge is 2.46. The fourth-order valence-electron chi connectivity index (χ4n) is 8.68. The lowest BCUT2D eigenvalue weighted by molar-refractivity contribution is -0.286. The van der Waals surface area contributed by atoms with E-state index in [1.54, 1.807) is 0 Å². The molecule has 4 aromatic rings. The Balaban J connectivity index is 0.000000212. The lowest BCUT2D eigenvalue weighted by Crippen LogP contribution is -2.27. The molecule has 4 aromatic carbocycles. The molecule has 4 aliphatic rings. The summed E-state index contributed by atoms with van der Waals surface area (Å²) < 4.78 is 184. The van der Waals surface area contributed by atoms with Gasteiger partial charge in [-0.1, -0.05) is 53.0 Å². The SMILES string of the molecule is C.CCCC1CC=C(c2cc(F)c(C(F)(F)Oc3ccc4c(c3)OC(F)(F)O4)c(F)c2)CC1.CCCC1CCC(c2cc(F)c(C(F)(F)Oc3ccc4c(c3)OC(C)(F)O4)c(F)c2)CC1. The maximum atomic E-state index is 14.7. The highest BCUT2D eigenvalue weighted by Crippen LogP contribution is 2.47. The molecular formula is C48H49F11O6. The normalized spacial score (nSPS) is 22.0. The maximum Gasteiger partial charge on any atom is 0.586 e. The molecule has 0 spiro atoms. The standard InChI is InChI=1S/C24H25F5O3.C23H20F6O3.CH4/c1-3-4-14-5-7-15(8-6-14)16-11-18(25)22(19(26)12-16)24(28,29)30-17-9-10-20-21(13-17)32-23(2,27)31-20;1-2-3-13-4-6-14(7-5-13)15-10-17(24)21(18(25)11-15)22(26,27)30-16-8-9-19-20(12-16)32-23(28,29)31-19;/h9-15H,3-8H2,1-2H3;6,8-13H,2-5,7H2,1H3;1H4. The van der Waals surface area contributed by atoms with Crippen LogP contribution in [0.3, 0.4) is 0 Å². The summed E-state index contributed by atoms with van der Waals surface area (Å²) in [6, 6.07) is 7.05. The van der Waals surface area contributed by atoms with E-state index in [0.717, 1.165) is 126 Å². The smallest absolute Gasteiger partial charge is 0.429 e. The van der Waals surface area contributed by atoms with E-state index in [0.29, 0.717) is 29.4 Å². The highest BCUT2D eigenvalue weighted by atomic mass is 19.3. The van der Waals surface area contributed by atoms with Gasteiger partial charge in [0.15, 0.2) is 23.0 Å². The molecule has 2 atom stereocenters. The Kier molecular flexibility index (Phi) is 14.5. The fraction of sp³-hybridized carbons (Fsp3) is 0.458. The van der Waals surface area contributed by atoms with Crippen LogP contribution in [-0.2, 0) is 12.2 Å². The van der Waals surface area contributed by atoms with Crippen molar-refractivity contribution in [2.24, 2.45) is 11.8 Å². The zero-order chi connectivity index (χ0) is 46.2. The molecule has 65 heavy (non-hydrogen) atoms. The molecule has 0 radical (unpaired) electrons. The number of rotatable bonds is 12. The zero-order valence-electron chi connectivity index (χ0n) is 35.0. The second-order valence-electron chi connectivity index (χ2n) is 16.5. The first kappa shape index (κ1) is 49.1. The van der Waals surface area contributed by atoms with Crippen molar-refractivity contribution < 1.29 is 76.7 Å². The predicted octanol–water partition coefficient (Wildman–Crippen LogP) is 15.6. The van der Waals surface area contributed by atoms with Crippen molar-refractivity contribution in [3.8, 4) is 34.5 Å². The van der Waals surface area contributed by atoms with Gasteiger partial charge < -0.3 is 28.4 Å². The number of hydrogen-bond donors (Lipinski definition) is 0. The van der Waals surface area contributed by atoms with Crippen LogP contribution in [0.5, 0.6) is 34.5 Å². The third-order valence-corrected chi connectivity index (χ3v) is 11.7. The van der Waals surface area contributed by atoms with Gasteiger partial charge >= 0.3 is 24.6 Å². The van der Waals surface area contributed by atoms with E-state index in [1.165, 1.54) is 6.07 Å². The molecule has 1 saturated carbocycles. The topological polar surface area (TPSA) is 55.4 Å². The number of allylic oxidation sites excluding steroid dienone is 2. The average molecular weight is 931 g/mol. The molecule has 0 amide bonds. The minimum absolute atomic E-state index is 0. The average Bonchev–Trinajstić information content (AvgIpc) is 3.69. The quantitative estimate of drug-likeness (QED) is 0.132. The van der Waals surface area contributed by atoms with E-state index in [-0.39, 0.29) is 36.2 Å². The van der Waals surface area contributed by atoms with Gasteiger partial charge in [-0.3, -0.25) is 0 Å². The van der Waals surface area contributed by atoms with Crippen LogP contribution in [0.15, 0.2) is 66.7 Å². The minimum atomic E-state index is -4.41. The first-order chi connectivity index (χ1) is 30.2. The molecule has 8 rings (SSSR count). The van der Waals surface area contributed by atoms with Gasteiger partial charge in [0.1, 0.15) is 45.9 Å². The van der Waals surface area contributed by atoms with Crippen LogP contribution in [0, 0.1) is 35.1 Å². The fourth-order valence-corrected chi connectivity index (χ4v) is 8.68. The molecular weight excluding hydrogens is 882 g/mol. The Hall–Kier alpha value is -5.35. The van der Waals surface area contributed by atoms with Crippen molar-refractivity contribution in [2.45, 2.75) is 129 Å². The Labute approximate surface area is 369 Å². The number of ether oxygens (including phenoxy) is 6. The molecule has 6 nitrogen and oxygen atoms in total. The van der Waals surface area contributed by atoms with Crippen molar-refractivity contribution in [3.05, 3.63) is 112 Å². The molecule has 0 N–H and O–H groups in total. The first-order valence-electron chi connectivity index (χ1n) is 21.1. The summed E-state index contributed by atoms with van der Waals surface area (Å²) in [7, 11) is 0. The molecule has 2 heterocycles. The number of hydrogen-bond acceptors (Lipinski definition) is 6. The summed E-state index contributed by atoms with van der Waals surface area (Å²) >= 11 is 0. The summed E-state index contributed by atoms with van der Waals surface area (Å²) in [5.74, 6) is -6.74. The number of fused-ring (bicyclic) bond motifs is 2. The first-order valence-corrected chi connectivity index (χ1v) is 21.1. The van der Waals surface area contributed by atoms with Crippen molar-refractivity contribution in [3.63, 3.8) is 0 Å². The van der Waals surface area contributed by atoms with E-state index in [4.69, 9.17) is 9.47 Å².